The van der Waals surface area contributed by atoms with Crippen LogP contribution in [0.1, 0.15) is 64.1 Å². The molecule has 5 heteroatoms. The highest BCUT2D eigenvalue weighted by atomic mass is 16.5. The van der Waals surface area contributed by atoms with E-state index < -0.39 is 5.54 Å². The lowest BCUT2D eigenvalue weighted by Gasteiger charge is -2.35. The van der Waals surface area contributed by atoms with E-state index in [0.29, 0.717) is 18.3 Å². The van der Waals surface area contributed by atoms with E-state index in [0.717, 1.165) is 25.7 Å². The lowest BCUT2D eigenvalue weighted by atomic mass is 9.85. The molecule has 0 amide bonds. The van der Waals surface area contributed by atoms with Crippen LogP contribution in [0.4, 0.5) is 0 Å². The molecular weight excluding hydrogens is 230 g/mol. The van der Waals surface area contributed by atoms with Crippen molar-refractivity contribution in [2.24, 2.45) is 5.73 Å². The summed E-state index contributed by atoms with van der Waals surface area (Å²) in [5.74, 6) is 1.53. The first-order chi connectivity index (χ1) is 8.55. The molecule has 18 heavy (non-hydrogen) atoms. The fourth-order valence-electron chi connectivity index (χ4n) is 2.36. The molecule has 1 aromatic heterocycles. The van der Waals surface area contributed by atoms with Crippen LogP contribution < -0.4 is 5.73 Å². The molecule has 1 aliphatic rings. The summed E-state index contributed by atoms with van der Waals surface area (Å²) < 4.78 is 11.0. The van der Waals surface area contributed by atoms with Crippen molar-refractivity contribution >= 4 is 0 Å². The fourth-order valence-corrected chi connectivity index (χ4v) is 2.36. The molecule has 0 bridgehead atoms. The Labute approximate surface area is 108 Å². The number of hydrogen-bond donors (Lipinski definition) is 1. The average molecular weight is 253 g/mol. The number of nitrogens with two attached hydrogens (primary N) is 1. The maximum absolute atomic E-state index is 6.45. The van der Waals surface area contributed by atoms with Crippen LogP contribution >= 0.6 is 0 Å². The largest absolute Gasteiger partial charge is 0.378 e. The number of rotatable bonds is 4. The van der Waals surface area contributed by atoms with Crippen LogP contribution in [-0.4, -0.2) is 22.9 Å². The maximum atomic E-state index is 6.45. The molecule has 0 radical (unpaired) electrons. The van der Waals surface area contributed by atoms with Crippen LogP contribution in [0.5, 0.6) is 0 Å². The van der Waals surface area contributed by atoms with Gasteiger partial charge in [-0.3, -0.25) is 0 Å². The van der Waals surface area contributed by atoms with Gasteiger partial charge in [0.2, 0.25) is 5.89 Å². The molecule has 5 nitrogen and oxygen atoms in total. The van der Waals surface area contributed by atoms with Crippen LogP contribution in [0.3, 0.4) is 0 Å². The molecule has 2 atom stereocenters. The highest BCUT2D eigenvalue weighted by molar-refractivity contribution is 5.07. The molecular formula is C13H23N3O2. The molecule has 2 N–H and O–H groups in total. The zero-order valence-electron chi connectivity index (χ0n) is 11.5. The zero-order valence-corrected chi connectivity index (χ0v) is 11.5. The Bertz CT molecular complexity index is 389. The van der Waals surface area contributed by atoms with Gasteiger partial charge in [0.25, 0.3) is 0 Å². The Hall–Kier alpha value is -0.940. The monoisotopic (exact) mass is 253 g/mol. The van der Waals surface area contributed by atoms with Crippen LogP contribution in [0.2, 0.25) is 0 Å². The summed E-state index contributed by atoms with van der Waals surface area (Å²) in [5, 5.41) is 4.06. The van der Waals surface area contributed by atoms with Crippen molar-refractivity contribution in [1.82, 2.24) is 10.1 Å². The van der Waals surface area contributed by atoms with E-state index >= 15 is 0 Å². The Kier molecular flexibility index (Phi) is 4.02. The smallest absolute Gasteiger partial charge is 0.229 e. The molecule has 1 saturated heterocycles. The number of aromatic nitrogens is 2. The molecule has 2 unspecified atom stereocenters. The van der Waals surface area contributed by atoms with Crippen molar-refractivity contribution in [3.05, 3.63) is 11.7 Å². The summed E-state index contributed by atoms with van der Waals surface area (Å²) in [6.07, 6.45) is 3.88. The van der Waals surface area contributed by atoms with Gasteiger partial charge in [-0.2, -0.15) is 4.98 Å². The summed E-state index contributed by atoms with van der Waals surface area (Å²) >= 11 is 0. The van der Waals surface area contributed by atoms with Crippen molar-refractivity contribution in [3.63, 3.8) is 0 Å². The summed E-state index contributed by atoms with van der Waals surface area (Å²) in [5.41, 5.74) is 5.96. The van der Waals surface area contributed by atoms with Gasteiger partial charge in [-0.05, 0) is 19.3 Å². The van der Waals surface area contributed by atoms with E-state index in [1.807, 2.05) is 13.8 Å². The van der Waals surface area contributed by atoms with E-state index in [1.165, 1.54) is 0 Å². The van der Waals surface area contributed by atoms with Crippen LogP contribution in [-0.2, 0) is 10.3 Å². The van der Waals surface area contributed by atoms with E-state index in [4.69, 9.17) is 15.0 Å². The zero-order chi connectivity index (χ0) is 13.2. The second-order valence-electron chi connectivity index (χ2n) is 5.50. The third-order valence-electron chi connectivity index (χ3n) is 3.49. The molecule has 2 rings (SSSR count). The second-order valence-corrected chi connectivity index (χ2v) is 5.50. The van der Waals surface area contributed by atoms with Crippen LogP contribution in [0.25, 0.3) is 0 Å². The second kappa shape index (κ2) is 5.36. The molecule has 102 valence electrons. The molecule has 2 heterocycles. The van der Waals surface area contributed by atoms with Crippen LogP contribution in [0, 0.1) is 0 Å². The highest BCUT2D eigenvalue weighted by Crippen LogP contribution is 2.32. The Morgan fingerprint density at radius 1 is 1.50 bits per heavy atom. The highest BCUT2D eigenvalue weighted by Gasteiger charge is 2.38. The molecule has 1 aromatic rings. The van der Waals surface area contributed by atoms with Gasteiger partial charge < -0.3 is 15.0 Å². The van der Waals surface area contributed by atoms with Gasteiger partial charge >= 0.3 is 0 Å². The lowest BCUT2D eigenvalue weighted by molar-refractivity contribution is -0.0267. The Morgan fingerprint density at radius 2 is 2.28 bits per heavy atom. The SMILES string of the molecule is CCCC1CC(N)(c2noc(C(C)C)n2)CCO1. The minimum absolute atomic E-state index is 0.217. The number of ether oxygens (including phenoxy) is 1. The lowest BCUT2D eigenvalue weighted by Crippen LogP contribution is -2.46. The molecule has 0 saturated carbocycles. The maximum Gasteiger partial charge on any atom is 0.229 e. The summed E-state index contributed by atoms with van der Waals surface area (Å²) in [6.45, 7) is 6.89. The summed E-state index contributed by atoms with van der Waals surface area (Å²) in [4.78, 5) is 4.44. The standard InChI is InChI=1S/C13H23N3O2/c1-4-5-10-8-13(14,6-7-17-10)12-15-11(9(2)3)18-16-12/h9-10H,4-8,14H2,1-3H3. The van der Waals surface area contributed by atoms with Gasteiger partial charge in [0.1, 0.15) is 0 Å². The first-order valence-corrected chi connectivity index (χ1v) is 6.79. The quantitative estimate of drug-likeness (QED) is 0.891. The third-order valence-corrected chi connectivity index (χ3v) is 3.49. The van der Waals surface area contributed by atoms with Crippen molar-refractivity contribution < 1.29 is 9.26 Å². The fraction of sp³-hybridized carbons (Fsp3) is 0.846. The third kappa shape index (κ3) is 2.72. The van der Waals surface area contributed by atoms with Gasteiger partial charge in [-0.15, -0.1) is 0 Å². The van der Waals surface area contributed by atoms with Gasteiger partial charge in [0, 0.05) is 12.5 Å². The molecule has 0 spiro atoms. The first-order valence-electron chi connectivity index (χ1n) is 6.79. The van der Waals surface area contributed by atoms with Gasteiger partial charge in [-0.25, -0.2) is 0 Å². The van der Waals surface area contributed by atoms with E-state index in [-0.39, 0.29) is 12.0 Å². The molecule has 0 aliphatic carbocycles. The van der Waals surface area contributed by atoms with Gasteiger partial charge in [-0.1, -0.05) is 32.3 Å². The Balaban J connectivity index is 2.13. The molecule has 1 aliphatic heterocycles. The minimum atomic E-state index is -0.491. The van der Waals surface area contributed by atoms with Gasteiger partial charge in [0.15, 0.2) is 5.82 Å². The number of hydrogen-bond acceptors (Lipinski definition) is 5. The van der Waals surface area contributed by atoms with Gasteiger partial charge in [0.05, 0.1) is 11.6 Å². The predicted molar refractivity (Wildman–Crippen MR) is 68.1 cm³/mol. The normalized spacial score (nSPS) is 28.8. The molecule has 0 aromatic carbocycles. The first kappa shape index (κ1) is 13.5. The van der Waals surface area contributed by atoms with Crippen molar-refractivity contribution in [1.29, 1.82) is 0 Å². The van der Waals surface area contributed by atoms with E-state index in [9.17, 15) is 0 Å². The minimum Gasteiger partial charge on any atom is -0.378 e. The summed E-state index contributed by atoms with van der Waals surface area (Å²) in [7, 11) is 0. The van der Waals surface area contributed by atoms with Crippen molar-refractivity contribution in [2.45, 2.75) is 64.0 Å². The van der Waals surface area contributed by atoms with E-state index in [1.54, 1.807) is 0 Å². The Morgan fingerprint density at radius 3 is 2.89 bits per heavy atom. The van der Waals surface area contributed by atoms with Crippen LogP contribution in [0.15, 0.2) is 4.52 Å². The summed E-state index contributed by atoms with van der Waals surface area (Å²) in [6, 6.07) is 0. The average Bonchev–Trinajstić information content (AvgIpc) is 2.79. The van der Waals surface area contributed by atoms with Crippen molar-refractivity contribution in [3.8, 4) is 0 Å². The predicted octanol–water partition coefficient (Wildman–Crippen LogP) is 2.33. The molecule has 1 fully saturated rings. The number of nitrogens with zero attached hydrogens (tertiary/aromatic N) is 2. The van der Waals surface area contributed by atoms with Crippen molar-refractivity contribution in [2.75, 3.05) is 6.61 Å². The topological polar surface area (TPSA) is 74.2 Å². The van der Waals surface area contributed by atoms with E-state index in [2.05, 4.69) is 17.1 Å².